The first-order chi connectivity index (χ1) is 13.5. The number of anilines is 2. The number of nitrogen functional groups attached to an aromatic ring is 2. The van der Waals surface area contributed by atoms with Crippen LogP contribution in [-0.2, 0) is 12.8 Å². The molecule has 0 atom stereocenters. The van der Waals surface area contributed by atoms with E-state index in [0.29, 0.717) is 17.4 Å². The molecule has 0 radical (unpaired) electrons. The Bertz CT molecular complexity index is 795. The Hall–Kier alpha value is -2.36. The molecule has 1 saturated carbocycles. The van der Waals surface area contributed by atoms with Crippen molar-refractivity contribution < 1.29 is 9.84 Å². The highest BCUT2D eigenvalue weighted by atomic mass is 16.5. The number of aromatic hydroxyl groups is 1. The topological polar surface area (TPSA) is 81.5 Å². The summed E-state index contributed by atoms with van der Waals surface area (Å²) in [5, 5.41) is 9.71. The van der Waals surface area contributed by atoms with Crippen molar-refractivity contribution in [1.29, 1.82) is 0 Å². The maximum atomic E-state index is 9.71. The zero-order valence-electron chi connectivity index (χ0n) is 17.2. The highest BCUT2D eigenvalue weighted by Crippen LogP contribution is 2.38. The first kappa shape index (κ1) is 20.4. The number of aryl methyl sites for hydroxylation is 2. The fourth-order valence-electron chi connectivity index (χ4n) is 4.44. The Kier molecular flexibility index (Phi) is 6.71. The molecule has 0 spiro atoms. The van der Waals surface area contributed by atoms with Gasteiger partial charge in [0.05, 0.1) is 7.11 Å². The van der Waals surface area contributed by atoms with Gasteiger partial charge in [0.1, 0.15) is 17.2 Å². The number of hydrogen-bond donors (Lipinski definition) is 3. The lowest BCUT2D eigenvalue weighted by molar-refractivity contribution is 0.348. The van der Waals surface area contributed by atoms with Crippen LogP contribution in [0.4, 0.5) is 11.4 Å². The molecule has 28 heavy (non-hydrogen) atoms. The number of ether oxygens (including phenoxy) is 1. The summed E-state index contributed by atoms with van der Waals surface area (Å²) in [5.74, 6) is 2.16. The average Bonchev–Trinajstić information content (AvgIpc) is 2.69. The van der Waals surface area contributed by atoms with Crippen LogP contribution in [-0.4, -0.2) is 12.2 Å². The van der Waals surface area contributed by atoms with Crippen LogP contribution in [0.15, 0.2) is 30.3 Å². The van der Waals surface area contributed by atoms with Crippen LogP contribution in [0.25, 0.3) is 0 Å². The fourth-order valence-corrected chi connectivity index (χ4v) is 4.44. The predicted molar refractivity (Wildman–Crippen MR) is 117 cm³/mol. The smallest absolute Gasteiger partial charge is 0.148 e. The first-order valence-corrected chi connectivity index (χ1v) is 10.5. The largest absolute Gasteiger partial charge is 0.506 e. The van der Waals surface area contributed by atoms with Crippen LogP contribution in [0.3, 0.4) is 0 Å². The van der Waals surface area contributed by atoms with E-state index in [0.717, 1.165) is 42.9 Å². The van der Waals surface area contributed by atoms with Crippen LogP contribution in [0.5, 0.6) is 11.5 Å². The third kappa shape index (κ3) is 4.73. The van der Waals surface area contributed by atoms with E-state index in [9.17, 15) is 5.11 Å². The molecule has 4 nitrogen and oxygen atoms in total. The van der Waals surface area contributed by atoms with Gasteiger partial charge in [0.2, 0.25) is 0 Å². The highest BCUT2D eigenvalue weighted by Gasteiger charge is 2.21. The van der Waals surface area contributed by atoms with Gasteiger partial charge in [-0.1, -0.05) is 38.0 Å². The summed E-state index contributed by atoms with van der Waals surface area (Å²) in [5.41, 5.74) is 17.3. The molecule has 0 aliphatic heterocycles. The van der Waals surface area contributed by atoms with Crippen LogP contribution in [0.2, 0.25) is 0 Å². The zero-order valence-corrected chi connectivity index (χ0v) is 17.2. The summed E-state index contributed by atoms with van der Waals surface area (Å²) >= 11 is 0. The van der Waals surface area contributed by atoms with E-state index in [4.69, 9.17) is 16.2 Å². The lowest BCUT2D eigenvalue weighted by atomic mass is 9.79. The summed E-state index contributed by atoms with van der Waals surface area (Å²) in [6, 6.07) is 10.2. The quantitative estimate of drug-likeness (QED) is 0.339. The summed E-state index contributed by atoms with van der Waals surface area (Å²) in [6.45, 7) is 2.35. The van der Waals surface area contributed by atoms with Crippen LogP contribution in [0, 0.1) is 5.92 Å². The zero-order chi connectivity index (χ0) is 20.1. The van der Waals surface area contributed by atoms with E-state index < -0.39 is 0 Å². The van der Waals surface area contributed by atoms with Crippen LogP contribution >= 0.6 is 0 Å². The van der Waals surface area contributed by atoms with E-state index in [1.807, 2.05) is 6.07 Å². The van der Waals surface area contributed by atoms with Crippen molar-refractivity contribution in [3.63, 3.8) is 0 Å². The molecule has 0 aromatic heterocycles. The number of hydrogen-bond acceptors (Lipinski definition) is 4. The predicted octanol–water partition coefficient (Wildman–Crippen LogP) is 5.42. The second-order valence-corrected chi connectivity index (χ2v) is 8.32. The summed E-state index contributed by atoms with van der Waals surface area (Å²) in [4.78, 5) is 0. The molecular formula is C24H34N2O2. The Labute approximate surface area is 168 Å². The SMILES string of the molecule is COc1c(CCCCc2ccc(C3CCC(C)CC3)c(N)c2)ccc(O)c1N. The molecule has 0 amide bonds. The Morgan fingerprint density at radius 3 is 2.39 bits per heavy atom. The van der Waals surface area contributed by atoms with Gasteiger partial charge >= 0.3 is 0 Å². The van der Waals surface area contributed by atoms with Gasteiger partial charge in [0.15, 0.2) is 0 Å². The van der Waals surface area contributed by atoms with Crippen molar-refractivity contribution in [2.45, 2.75) is 64.2 Å². The molecule has 4 heteroatoms. The van der Waals surface area contributed by atoms with E-state index in [-0.39, 0.29) is 5.75 Å². The second kappa shape index (κ2) is 9.22. The maximum Gasteiger partial charge on any atom is 0.148 e. The molecule has 2 aromatic rings. The first-order valence-electron chi connectivity index (χ1n) is 10.5. The number of nitrogens with two attached hydrogens (primary N) is 2. The second-order valence-electron chi connectivity index (χ2n) is 8.32. The highest BCUT2D eigenvalue weighted by molar-refractivity contribution is 5.65. The van der Waals surface area contributed by atoms with Gasteiger partial charge < -0.3 is 21.3 Å². The number of benzene rings is 2. The van der Waals surface area contributed by atoms with Gasteiger partial charge in [-0.25, -0.2) is 0 Å². The van der Waals surface area contributed by atoms with Gasteiger partial charge in [-0.3, -0.25) is 0 Å². The van der Waals surface area contributed by atoms with E-state index in [1.165, 1.54) is 36.8 Å². The van der Waals surface area contributed by atoms with Gasteiger partial charge in [0.25, 0.3) is 0 Å². The molecule has 1 fully saturated rings. The minimum Gasteiger partial charge on any atom is -0.506 e. The molecule has 2 aromatic carbocycles. The molecule has 0 bridgehead atoms. The molecular weight excluding hydrogens is 348 g/mol. The summed E-state index contributed by atoms with van der Waals surface area (Å²) < 4.78 is 5.36. The maximum absolute atomic E-state index is 9.71. The van der Waals surface area contributed by atoms with E-state index >= 15 is 0 Å². The Morgan fingerprint density at radius 1 is 1.00 bits per heavy atom. The number of unbranched alkanes of at least 4 members (excludes halogenated alkanes) is 1. The molecule has 1 aliphatic rings. The number of methoxy groups -OCH3 is 1. The molecule has 0 saturated heterocycles. The molecule has 5 N–H and O–H groups in total. The van der Waals surface area contributed by atoms with Crippen molar-refractivity contribution in [2.75, 3.05) is 18.6 Å². The molecule has 0 heterocycles. The average molecular weight is 383 g/mol. The van der Waals surface area contributed by atoms with Crippen molar-refractivity contribution in [3.05, 3.63) is 47.0 Å². The minimum absolute atomic E-state index is 0.0728. The monoisotopic (exact) mass is 382 g/mol. The number of phenolic OH excluding ortho intramolecular Hbond substituents is 1. The van der Waals surface area contributed by atoms with Gasteiger partial charge in [0, 0.05) is 5.69 Å². The molecule has 3 rings (SSSR count). The van der Waals surface area contributed by atoms with Gasteiger partial charge in [-0.05, 0) is 79.2 Å². The summed E-state index contributed by atoms with van der Waals surface area (Å²) in [6.07, 6.45) is 9.16. The number of rotatable bonds is 7. The minimum atomic E-state index is 0.0728. The van der Waals surface area contributed by atoms with E-state index in [2.05, 4.69) is 25.1 Å². The lowest BCUT2D eigenvalue weighted by Crippen LogP contribution is -2.12. The van der Waals surface area contributed by atoms with Crippen LogP contribution < -0.4 is 16.2 Å². The molecule has 152 valence electrons. The van der Waals surface area contributed by atoms with Crippen molar-refractivity contribution in [2.24, 2.45) is 5.92 Å². The third-order valence-corrected chi connectivity index (χ3v) is 6.23. The van der Waals surface area contributed by atoms with Crippen molar-refractivity contribution in [1.82, 2.24) is 0 Å². The number of phenols is 1. The fraction of sp³-hybridized carbons (Fsp3) is 0.500. The normalized spacial score (nSPS) is 19.5. The van der Waals surface area contributed by atoms with Gasteiger partial charge in [-0.2, -0.15) is 0 Å². The van der Waals surface area contributed by atoms with Crippen LogP contribution in [0.1, 0.15) is 68.1 Å². The lowest BCUT2D eigenvalue weighted by Gasteiger charge is -2.27. The third-order valence-electron chi connectivity index (χ3n) is 6.23. The summed E-state index contributed by atoms with van der Waals surface area (Å²) in [7, 11) is 1.59. The van der Waals surface area contributed by atoms with E-state index in [1.54, 1.807) is 13.2 Å². The Morgan fingerprint density at radius 2 is 1.71 bits per heavy atom. The molecule has 1 aliphatic carbocycles. The van der Waals surface area contributed by atoms with Crippen molar-refractivity contribution in [3.8, 4) is 11.5 Å². The Balaban J connectivity index is 1.53. The molecule has 0 unspecified atom stereocenters. The standard InChI is InChI=1S/C24H34N2O2/c1-16-7-10-18(11-8-16)20-13-9-17(15-21(20)25)5-3-4-6-19-12-14-22(27)23(26)24(19)28-2/h9,12-16,18,27H,3-8,10-11,25-26H2,1-2H3. The van der Waals surface area contributed by atoms with Crippen molar-refractivity contribution >= 4 is 11.4 Å². The van der Waals surface area contributed by atoms with Gasteiger partial charge in [-0.15, -0.1) is 0 Å².